The van der Waals surface area contributed by atoms with E-state index in [1.807, 2.05) is 44.1 Å². The molecule has 4 heteroatoms. The molecule has 4 nitrogen and oxygen atoms in total. The number of nitrogens with one attached hydrogen (secondary N) is 1. The third-order valence-corrected chi connectivity index (χ3v) is 2.30. The van der Waals surface area contributed by atoms with Crippen LogP contribution in [0.4, 0.5) is 5.82 Å². The number of aromatic nitrogens is 1. The highest BCUT2D eigenvalue weighted by Gasteiger charge is 2.05. The zero-order chi connectivity index (χ0) is 12.7. The Hall–Kier alpha value is -1.84. The highest BCUT2D eigenvalue weighted by atomic mass is 16.1. The van der Waals surface area contributed by atoms with E-state index >= 15 is 0 Å². The maximum Gasteiger partial charge on any atom is 0.252 e. The molecule has 0 aliphatic carbocycles. The van der Waals surface area contributed by atoms with Crippen LogP contribution in [0.3, 0.4) is 0 Å². The summed E-state index contributed by atoms with van der Waals surface area (Å²) in [4.78, 5) is 17.8. The van der Waals surface area contributed by atoms with Crippen LogP contribution in [-0.2, 0) is 0 Å². The van der Waals surface area contributed by atoms with Crippen molar-refractivity contribution in [1.82, 2.24) is 10.3 Å². The van der Waals surface area contributed by atoms with Gasteiger partial charge in [0.2, 0.25) is 0 Å². The fraction of sp³-hybridized carbons (Fsp3) is 0.385. The lowest BCUT2D eigenvalue weighted by atomic mass is 10.2. The zero-order valence-corrected chi connectivity index (χ0v) is 10.6. The second-order valence-corrected chi connectivity index (χ2v) is 3.91. The standard InChI is InChI=1S/C13H19N3O/c1-4-5-6-9-14-13(17)11-7-8-12(15-10-11)16(2)3/h4-5,7-8,10H,6,9H2,1-3H3,(H,14,17)/b5-4+. The number of allylic oxidation sites excluding steroid dienone is 1. The fourth-order valence-corrected chi connectivity index (χ4v) is 1.32. The molecule has 0 aliphatic rings. The maximum absolute atomic E-state index is 11.7. The number of carbonyl (C=O) groups is 1. The Morgan fingerprint density at radius 3 is 2.76 bits per heavy atom. The molecule has 0 fully saturated rings. The number of carbonyl (C=O) groups excluding carboxylic acids is 1. The lowest BCUT2D eigenvalue weighted by Gasteiger charge is -2.11. The van der Waals surface area contributed by atoms with Crippen LogP contribution in [0.5, 0.6) is 0 Å². The minimum absolute atomic E-state index is 0.0766. The lowest BCUT2D eigenvalue weighted by molar-refractivity contribution is 0.0954. The third-order valence-electron chi connectivity index (χ3n) is 2.30. The van der Waals surface area contributed by atoms with E-state index < -0.39 is 0 Å². The molecule has 0 saturated heterocycles. The van der Waals surface area contributed by atoms with Crippen LogP contribution in [0.1, 0.15) is 23.7 Å². The molecule has 0 atom stereocenters. The van der Waals surface area contributed by atoms with Crippen LogP contribution in [0.25, 0.3) is 0 Å². The van der Waals surface area contributed by atoms with E-state index in [4.69, 9.17) is 0 Å². The summed E-state index contributed by atoms with van der Waals surface area (Å²) >= 11 is 0. The number of hydrogen-bond acceptors (Lipinski definition) is 3. The van der Waals surface area contributed by atoms with Gasteiger partial charge >= 0.3 is 0 Å². The Bertz CT molecular complexity index is 382. The first-order valence-corrected chi connectivity index (χ1v) is 5.68. The van der Waals surface area contributed by atoms with E-state index in [9.17, 15) is 4.79 Å². The van der Waals surface area contributed by atoms with E-state index in [1.165, 1.54) is 0 Å². The van der Waals surface area contributed by atoms with E-state index in [-0.39, 0.29) is 5.91 Å². The van der Waals surface area contributed by atoms with Crippen molar-refractivity contribution in [2.24, 2.45) is 0 Å². The topological polar surface area (TPSA) is 45.2 Å². The molecular weight excluding hydrogens is 214 g/mol. The van der Waals surface area contributed by atoms with Crippen LogP contribution in [0.15, 0.2) is 30.5 Å². The van der Waals surface area contributed by atoms with Gasteiger partial charge in [0, 0.05) is 26.8 Å². The normalized spacial score (nSPS) is 10.5. The van der Waals surface area contributed by atoms with Gasteiger partial charge < -0.3 is 10.2 Å². The molecule has 1 amide bonds. The van der Waals surface area contributed by atoms with Crippen molar-refractivity contribution < 1.29 is 4.79 Å². The molecule has 0 bridgehead atoms. The van der Waals surface area contributed by atoms with Gasteiger partial charge in [0.15, 0.2) is 0 Å². The van der Waals surface area contributed by atoms with Crippen LogP contribution in [-0.4, -0.2) is 31.5 Å². The van der Waals surface area contributed by atoms with Gasteiger partial charge in [-0.3, -0.25) is 4.79 Å². The molecule has 0 spiro atoms. The van der Waals surface area contributed by atoms with Crippen molar-refractivity contribution in [3.8, 4) is 0 Å². The molecule has 0 radical (unpaired) electrons. The molecule has 1 N–H and O–H groups in total. The number of rotatable bonds is 5. The van der Waals surface area contributed by atoms with E-state index in [0.29, 0.717) is 12.1 Å². The molecule has 1 rings (SSSR count). The molecular formula is C13H19N3O. The predicted molar refractivity (Wildman–Crippen MR) is 70.3 cm³/mol. The average molecular weight is 233 g/mol. The summed E-state index contributed by atoms with van der Waals surface area (Å²) in [5.41, 5.74) is 0.594. The molecule has 1 aromatic heterocycles. The monoisotopic (exact) mass is 233 g/mol. The highest BCUT2D eigenvalue weighted by molar-refractivity contribution is 5.94. The van der Waals surface area contributed by atoms with Gasteiger partial charge in [0.1, 0.15) is 5.82 Å². The highest BCUT2D eigenvalue weighted by Crippen LogP contribution is 2.07. The first kappa shape index (κ1) is 13.2. The van der Waals surface area contributed by atoms with Gasteiger partial charge in [-0.1, -0.05) is 12.2 Å². The minimum atomic E-state index is -0.0766. The van der Waals surface area contributed by atoms with Crippen LogP contribution < -0.4 is 10.2 Å². The van der Waals surface area contributed by atoms with Crippen molar-refractivity contribution >= 4 is 11.7 Å². The van der Waals surface area contributed by atoms with Crippen molar-refractivity contribution in [2.45, 2.75) is 13.3 Å². The van der Waals surface area contributed by atoms with Crippen molar-refractivity contribution in [1.29, 1.82) is 0 Å². The Labute approximate surface area is 102 Å². The first-order valence-electron chi connectivity index (χ1n) is 5.68. The largest absolute Gasteiger partial charge is 0.363 e. The summed E-state index contributed by atoms with van der Waals surface area (Å²) in [6.45, 7) is 2.62. The van der Waals surface area contributed by atoms with Crippen molar-refractivity contribution in [2.75, 3.05) is 25.5 Å². The predicted octanol–water partition coefficient (Wildman–Crippen LogP) is 1.84. The van der Waals surface area contributed by atoms with E-state index in [1.54, 1.807) is 12.3 Å². The third kappa shape index (κ3) is 4.26. The van der Waals surface area contributed by atoms with Crippen molar-refractivity contribution in [3.63, 3.8) is 0 Å². The van der Waals surface area contributed by atoms with Crippen LogP contribution in [0.2, 0.25) is 0 Å². The van der Waals surface area contributed by atoms with Gasteiger partial charge in [0.25, 0.3) is 5.91 Å². The number of amides is 1. The number of hydrogen-bond donors (Lipinski definition) is 1. The number of anilines is 1. The summed E-state index contributed by atoms with van der Waals surface area (Å²) < 4.78 is 0. The zero-order valence-electron chi connectivity index (χ0n) is 10.6. The molecule has 17 heavy (non-hydrogen) atoms. The second kappa shape index (κ2) is 6.68. The molecule has 0 unspecified atom stereocenters. The van der Waals surface area contributed by atoms with E-state index in [0.717, 1.165) is 12.2 Å². The molecule has 1 aromatic rings. The Balaban J connectivity index is 2.52. The number of pyridine rings is 1. The van der Waals surface area contributed by atoms with E-state index in [2.05, 4.69) is 10.3 Å². The SMILES string of the molecule is C/C=C/CCNC(=O)c1ccc(N(C)C)nc1. The van der Waals surface area contributed by atoms with Gasteiger partial charge in [-0.2, -0.15) is 0 Å². The van der Waals surface area contributed by atoms with Crippen molar-refractivity contribution in [3.05, 3.63) is 36.0 Å². The minimum Gasteiger partial charge on any atom is -0.363 e. The molecule has 0 aliphatic heterocycles. The Kier molecular flexibility index (Phi) is 5.20. The summed E-state index contributed by atoms with van der Waals surface area (Å²) in [5, 5.41) is 2.84. The van der Waals surface area contributed by atoms with Gasteiger partial charge in [-0.25, -0.2) is 4.98 Å². The maximum atomic E-state index is 11.7. The Morgan fingerprint density at radius 1 is 1.47 bits per heavy atom. The average Bonchev–Trinajstić information content (AvgIpc) is 2.34. The summed E-state index contributed by atoms with van der Waals surface area (Å²) in [6, 6.07) is 3.62. The molecule has 0 aromatic carbocycles. The quantitative estimate of drug-likeness (QED) is 0.623. The summed E-state index contributed by atoms with van der Waals surface area (Å²) in [5.74, 6) is 0.766. The summed E-state index contributed by atoms with van der Waals surface area (Å²) in [7, 11) is 3.83. The fourth-order valence-electron chi connectivity index (χ4n) is 1.32. The first-order chi connectivity index (χ1) is 8.15. The van der Waals surface area contributed by atoms with Gasteiger partial charge in [-0.15, -0.1) is 0 Å². The van der Waals surface area contributed by atoms with Crippen LogP contribution >= 0.6 is 0 Å². The smallest absolute Gasteiger partial charge is 0.252 e. The number of nitrogens with zero attached hydrogens (tertiary/aromatic N) is 2. The van der Waals surface area contributed by atoms with Gasteiger partial charge in [0.05, 0.1) is 5.56 Å². The molecule has 1 heterocycles. The Morgan fingerprint density at radius 2 is 2.24 bits per heavy atom. The van der Waals surface area contributed by atoms with Gasteiger partial charge in [-0.05, 0) is 25.5 Å². The van der Waals surface area contributed by atoms with Crippen LogP contribution in [0, 0.1) is 0 Å². The lowest BCUT2D eigenvalue weighted by Crippen LogP contribution is -2.24. The summed E-state index contributed by atoms with van der Waals surface area (Å²) in [6.07, 6.45) is 6.44. The second-order valence-electron chi connectivity index (χ2n) is 3.91. The molecule has 92 valence electrons. The molecule has 0 saturated carbocycles.